The first-order valence-electron chi connectivity index (χ1n) is 11.6. The number of nitrogens with one attached hydrogen (secondary N) is 2. The second-order valence-corrected chi connectivity index (χ2v) is 9.92. The van der Waals surface area contributed by atoms with E-state index in [2.05, 4.69) is 57.3 Å². The average molecular weight is 438 g/mol. The molecule has 32 heavy (non-hydrogen) atoms. The Morgan fingerprint density at radius 1 is 1.06 bits per heavy atom. The van der Waals surface area contributed by atoms with E-state index in [0.717, 1.165) is 62.0 Å². The minimum absolute atomic E-state index is 0.0551. The molecular formula is C24H35N7O. The van der Waals surface area contributed by atoms with Crippen LogP contribution in [0.15, 0.2) is 30.7 Å². The third-order valence-corrected chi connectivity index (χ3v) is 6.15. The average Bonchev–Trinajstić information content (AvgIpc) is 2.71. The van der Waals surface area contributed by atoms with Crippen molar-refractivity contribution >= 4 is 17.4 Å². The summed E-state index contributed by atoms with van der Waals surface area (Å²) in [5, 5.41) is 7.05. The summed E-state index contributed by atoms with van der Waals surface area (Å²) in [5.41, 5.74) is 3.36. The summed E-state index contributed by atoms with van der Waals surface area (Å²) in [7, 11) is 0. The van der Waals surface area contributed by atoms with Crippen LogP contribution in [0.3, 0.4) is 0 Å². The molecule has 0 saturated carbocycles. The molecule has 2 aliphatic heterocycles. The Kier molecular flexibility index (Phi) is 6.60. The van der Waals surface area contributed by atoms with Crippen molar-refractivity contribution in [1.82, 2.24) is 24.8 Å². The molecule has 4 heterocycles. The molecule has 1 amide bonds. The fraction of sp³-hybridized carbons (Fsp3) is 0.583. The van der Waals surface area contributed by atoms with Gasteiger partial charge in [-0.3, -0.25) is 14.7 Å². The molecule has 2 aromatic heterocycles. The van der Waals surface area contributed by atoms with Crippen LogP contribution in [0.1, 0.15) is 45.5 Å². The molecule has 0 radical (unpaired) electrons. The minimum atomic E-state index is 0.0551. The Morgan fingerprint density at radius 2 is 1.81 bits per heavy atom. The van der Waals surface area contributed by atoms with E-state index >= 15 is 0 Å². The van der Waals surface area contributed by atoms with Crippen molar-refractivity contribution in [3.8, 4) is 0 Å². The van der Waals surface area contributed by atoms with Crippen LogP contribution < -0.4 is 10.6 Å². The van der Waals surface area contributed by atoms with Gasteiger partial charge in [0.15, 0.2) is 0 Å². The maximum Gasteiger partial charge on any atom is 0.222 e. The number of pyridine rings is 1. The van der Waals surface area contributed by atoms with Crippen molar-refractivity contribution in [2.24, 2.45) is 0 Å². The lowest BCUT2D eigenvalue weighted by Gasteiger charge is -2.40. The fourth-order valence-electron chi connectivity index (χ4n) is 4.10. The summed E-state index contributed by atoms with van der Waals surface area (Å²) in [6.45, 7) is 13.0. The van der Waals surface area contributed by atoms with Crippen LogP contribution in [0.4, 0.5) is 11.5 Å². The van der Waals surface area contributed by atoms with Gasteiger partial charge in [-0.15, -0.1) is 0 Å². The molecule has 2 aliphatic rings. The van der Waals surface area contributed by atoms with E-state index in [1.807, 2.05) is 30.2 Å². The second-order valence-electron chi connectivity index (χ2n) is 9.92. The van der Waals surface area contributed by atoms with Crippen molar-refractivity contribution in [3.05, 3.63) is 42.1 Å². The van der Waals surface area contributed by atoms with E-state index < -0.39 is 0 Å². The van der Waals surface area contributed by atoms with E-state index in [0.29, 0.717) is 12.5 Å². The van der Waals surface area contributed by atoms with Gasteiger partial charge in [0, 0.05) is 80.3 Å². The molecule has 8 nitrogen and oxygen atoms in total. The van der Waals surface area contributed by atoms with Crippen LogP contribution in [-0.2, 0) is 16.6 Å². The zero-order chi connectivity index (χ0) is 22.7. The summed E-state index contributed by atoms with van der Waals surface area (Å²) in [4.78, 5) is 29.3. The van der Waals surface area contributed by atoms with Crippen molar-refractivity contribution in [2.45, 2.75) is 58.0 Å². The van der Waals surface area contributed by atoms with Gasteiger partial charge < -0.3 is 15.5 Å². The Balaban J connectivity index is 1.18. The molecule has 2 aromatic rings. The number of rotatable bonds is 8. The molecule has 8 heteroatoms. The molecule has 4 rings (SSSR count). The maximum atomic E-state index is 11.7. The molecular weight excluding hydrogens is 402 g/mol. The summed E-state index contributed by atoms with van der Waals surface area (Å²) in [6.07, 6.45) is 4.99. The first-order valence-corrected chi connectivity index (χ1v) is 11.6. The number of carbonyl (C=O) groups excluding carboxylic acids is 1. The lowest BCUT2D eigenvalue weighted by atomic mass is 9.91. The number of hydrogen-bond acceptors (Lipinski definition) is 7. The number of aromatic nitrogens is 3. The number of anilines is 2. The highest BCUT2D eigenvalue weighted by molar-refractivity contribution is 5.77. The molecule has 0 bridgehead atoms. The van der Waals surface area contributed by atoms with Crippen LogP contribution in [0, 0.1) is 0 Å². The van der Waals surface area contributed by atoms with Crippen LogP contribution in [0.2, 0.25) is 0 Å². The van der Waals surface area contributed by atoms with E-state index in [9.17, 15) is 4.79 Å². The zero-order valence-corrected chi connectivity index (χ0v) is 19.6. The summed E-state index contributed by atoms with van der Waals surface area (Å²) in [5.74, 6) is 1.06. The predicted molar refractivity (Wildman–Crippen MR) is 127 cm³/mol. The highest BCUT2D eigenvalue weighted by Crippen LogP contribution is 2.24. The third-order valence-electron chi connectivity index (χ3n) is 6.15. The van der Waals surface area contributed by atoms with E-state index in [4.69, 9.17) is 0 Å². The van der Waals surface area contributed by atoms with Gasteiger partial charge in [0.05, 0.1) is 12.1 Å². The van der Waals surface area contributed by atoms with Crippen LogP contribution >= 0.6 is 0 Å². The quantitative estimate of drug-likeness (QED) is 0.656. The third kappa shape index (κ3) is 5.54. The normalized spacial score (nSPS) is 17.6. The fourth-order valence-corrected chi connectivity index (χ4v) is 4.10. The number of nitrogens with zero attached hydrogens (tertiary/aromatic N) is 5. The van der Waals surface area contributed by atoms with E-state index in [1.54, 1.807) is 6.33 Å². The van der Waals surface area contributed by atoms with Crippen molar-refractivity contribution < 1.29 is 4.79 Å². The van der Waals surface area contributed by atoms with Gasteiger partial charge >= 0.3 is 0 Å². The molecule has 0 unspecified atom stereocenters. The van der Waals surface area contributed by atoms with Gasteiger partial charge in [-0.05, 0) is 12.1 Å². The Labute approximate surface area is 190 Å². The van der Waals surface area contributed by atoms with Gasteiger partial charge in [0.1, 0.15) is 12.1 Å². The van der Waals surface area contributed by atoms with Crippen molar-refractivity contribution in [1.29, 1.82) is 0 Å². The molecule has 0 aliphatic carbocycles. The number of hydrogen-bond donors (Lipinski definition) is 2. The standard InChI is InChI=1S/C24H35N7O/c1-5-23(32)31-14-20(15-31)29-22-11-17(26-16-27-22)7-9-30-12-19(13-30)28-18-6-8-25-21(10-18)24(2,3)4/h6,8,10-11,16,19-20H,5,7,9,12-15H2,1-4H3,(H,25,28)(H,26,27,29). The van der Waals surface area contributed by atoms with Gasteiger partial charge in [-0.25, -0.2) is 9.97 Å². The van der Waals surface area contributed by atoms with Gasteiger partial charge in [0.2, 0.25) is 5.91 Å². The number of amides is 1. The topological polar surface area (TPSA) is 86.3 Å². The van der Waals surface area contributed by atoms with E-state index in [-0.39, 0.29) is 17.4 Å². The molecule has 0 aromatic carbocycles. The largest absolute Gasteiger partial charge is 0.380 e. The number of likely N-dealkylation sites (tertiary alicyclic amines) is 2. The summed E-state index contributed by atoms with van der Waals surface area (Å²) >= 11 is 0. The highest BCUT2D eigenvalue weighted by atomic mass is 16.2. The van der Waals surface area contributed by atoms with Crippen LogP contribution in [0.25, 0.3) is 0 Å². The lowest BCUT2D eigenvalue weighted by Crippen LogP contribution is -2.56. The zero-order valence-electron chi connectivity index (χ0n) is 19.6. The number of carbonyl (C=O) groups is 1. The van der Waals surface area contributed by atoms with E-state index in [1.165, 1.54) is 0 Å². The molecule has 0 spiro atoms. The second kappa shape index (κ2) is 9.40. The predicted octanol–water partition coefficient (Wildman–Crippen LogP) is 2.54. The summed E-state index contributed by atoms with van der Waals surface area (Å²) in [6, 6.07) is 7.00. The SMILES string of the molecule is CCC(=O)N1CC(Nc2cc(CCN3CC(Nc4ccnc(C(C)(C)C)c4)C3)ncn2)C1. The van der Waals surface area contributed by atoms with Gasteiger partial charge in [-0.1, -0.05) is 27.7 Å². The van der Waals surface area contributed by atoms with Gasteiger partial charge in [-0.2, -0.15) is 0 Å². The summed E-state index contributed by atoms with van der Waals surface area (Å²) < 4.78 is 0. The molecule has 172 valence electrons. The molecule has 2 N–H and O–H groups in total. The first kappa shape index (κ1) is 22.5. The van der Waals surface area contributed by atoms with Crippen LogP contribution in [-0.4, -0.2) is 75.5 Å². The highest BCUT2D eigenvalue weighted by Gasteiger charge is 2.30. The Bertz CT molecular complexity index is 930. The monoisotopic (exact) mass is 437 g/mol. The Hall–Kier alpha value is -2.74. The molecule has 2 saturated heterocycles. The van der Waals surface area contributed by atoms with Crippen molar-refractivity contribution in [2.75, 3.05) is 43.4 Å². The smallest absolute Gasteiger partial charge is 0.222 e. The maximum absolute atomic E-state index is 11.7. The lowest BCUT2D eigenvalue weighted by molar-refractivity contribution is -0.134. The molecule has 2 fully saturated rings. The minimum Gasteiger partial charge on any atom is -0.380 e. The van der Waals surface area contributed by atoms with Crippen LogP contribution in [0.5, 0.6) is 0 Å². The van der Waals surface area contributed by atoms with Gasteiger partial charge in [0.25, 0.3) is 0 Å². The van der Waals surface area contributed by atoms with Crippen molar-refractivity contribution in [3.63, 3.8) is 0 Å². The Morgan fingerprint density at radius 3 is 2.53 bits per heavy atom. The molecule has 0 atom stereocenters. The first-order chi connectivity index (χ1) is 15.3.